The third-order valence-corrected chi connectivity index (χ3v) is 3.65. The maximum Gasteiger partial charge on any atom is 0.254 e. The highest BCUT2D eigenvalue weighted by Crippen LogP contribution is 2.23. The van der Waals surface area contributed by atoms with E-state index in [1.54, 1.807) is 4.90 Å². The molecule has 17 heavy (non-hydrogen) atoms. The lowest BCUT2D eigenvalue weighted by molar-refractivity contribution is 0.0748. The van der Waals surface area contributed by atoms with Crippen LogP contribution in [0.15, 0.2) is 18.2 Å². The largest absolute Gasteiger partial charge is 0.334 e. The number of halogens is 3. The van der Waals surface area contributed by atoms with Gasteiger partial charge in [-0.25, -0.2) is 4.39 Å². The van der Waals surface area contributed by atoms with Crippen molar-refractivity contribution in [1.29, 1.82) is 0 Å². The smallest absolute Gasteiger partial charge is 0.254 e. The number of alkyl halides is 1. The molecule has 2 nitrogen and oxygen atoms in total. The van der Waals surface area contributed by atoms with E-state index in [4.69, 9.17) is 23.2 Å². The van der Waals surface area contributed by atoms with E-state index in [1.165, 1.54) is 18.2 Å². The quantitative estimate of drug-likeness (QED) is 0.759. The van der Waals surface area contributed by atoms with Crippen molar-refractivity contribution >= 4 is 29.1 Å². The standard InChI is InChI=1S/C12H12Cl2FNO/c13-7-9-2-1-5-16(9)12(17)8-3-4-10(14)11(15)6-8/h3-4,6,9H,1-2,5,7H2. The second kappa shape index (κ2) is 5.23. The zero-order valence-corrected chi connectivity index (χ0v) is 10.6. The first-order valence-corrected chi connectivity index (χ1v) is 6.36. The zero-order chi connectivity index (χ0) is 12.4. The minimum Gasteiger partial charge on any atom is -0.334 e. The number of nitrogens with zero attached hydrogens (tertiary/aromatic N) is 1. The molecule has 1 atom stereocenters. The summed E-state index contributed by atoms with van der Waals surface area (Å²) in [5.74, 6) is -0.329. The molecule has 0 aromatic heterocycles. The Kier molecular flexibility index (Phi) is 3.89. The Morgan fingerprint density at radius 1 is 1.53 bits per heavy atom. The van der Waals surface area contributed by atoms with E-state index >= 15 is 0 Å². The average Bonchev–Trinajstić information content (AvgIpc) is 2.80. The molecule has 0 radical (unpaired) electrons. The summed E-state index contributed by atoms with van der Waals surface area (Å²) in [6.07, 6.45) is 1.85. The van der Waals surface area contributed by atoms with Gasteiger partial charge in [0.05, 0.1) is 5.02 Å². The summed E-state index contributed by atoms with van der Waals surface area (Å²) in [7, 11) is 0. The van der Waals surface area contributed by atoms with Crippen molar-refractivity contribution in [2.45, 2.75) is 18.9 Å². The average molecular weight is 276 g/mol. The van der Waals surface area contributed by atoms with E-state index < -0.39 is 5.82 Å². The molecule has 1 aliphatic rings. The van der Waals surface area contributed by atoms with Crippen LogP contribution < -0.4 is 0 Å². The molecule has 0 aliphatic carbocycles. The fourth-order valence-corrected chi connectivity index (χ4v) is 2.50. The Morgan fingerprint density at radius 3 is 2.94 bits per heavy atom. The fraction of sp³-hybridized carbons (Fsp3) is 0.417. The minimum atomic E-state index is -0.570. The number of likely N-dealkylation sites (tertiary alicyclic amines) is 1. The molecule has 0 saturated carbocycles. The molecule has 0 spiro atoms. The summed E-state index contributed by atoms with van der Waals surface area (Å²) >= 11 is 11.4. The molecule has 1 saturated heterocycles. The molecule has 1 amide bonds. The van der Waals surface area contributed by atoms with Crippen molar-refractivity contribution < 1.29 is 9.18 Å². The second-order valence-corrected chi connectivity index (χ2v) is 4.79. The van der Waals surface area contributed by atoms with E-state index in [1.807, 2.05) is 0 Å². The van der Waals surface area contributed by atoms with Crippen LogP contribution in [0.5, 0.6) is 0 Å². The van der Waals surface area contributed by atoms with Crippen LogP contribution in [0.2, 0.25) is 5.02 Å². The van der Waals surface area contributed by atoms with E-state index in [0.29, 0.717) is 18.0 Å². The number of hydrogen-bond acceptors (Lipinski definition) is 1. The van der Waals surface area contributed by atoms with Crippen molar-refractivity contribution in [2.75, 3.05) is 12.4 Å². The Morgan fingerprint density at radius 2 is 2.29 bits per heavy atom. The number of rotatable bonds is 2. The highest BCUT2D eigenvalue weighted by molar-refractivity contribution is 6.30. The van der Waals surface area contributed by atoms with E-state index in [-0.39, 0.29) is 17.0 Å². The summed E-state index contributed by atoms with van der Waals surface area (Å²) in [6, 6.07) is 4.17. The second-order valence-electron chi connectivity index (χ2n) is 4.08. The third-order valence-electron chi connectivity index (χ3n) is 2.98. The van der Waals surface area contributed by atoms with Gasteiger partial charge >= 0.3 is 0 Å². The molecule has 1 aromatic carbocycles. The number of carbonyl (C=O) groups is 1. The molecule has 5 heteroatoms. The van der Waals surface area contributed by atoms with Crippen LogP contribution >= 0.6 is 23.2 Å². The topological polar surface area (TPSA) is 20.3 Å². The number of carbonyl (C=O) groups excluding carboxylic acids is 1. The number of hydrogen-bond donors (Lipinski definition) is 0. The molecule has 92 valence electrons. The minimum absolute atomic E-state index is 0.0249. The van der Waals surface area contributed by atoms with Crippen LogP contribution in [0.3, 0.4) is 0 Å². The molecular formula is C12H12Cl2FNO. The Hall–Kier alpha value is -0.800. The molecule has 0 N–H and O–H groups in total. The van der Waals surface area contributed by atoms with Crippen molar-refractivity contribution in [2.24, 2.45) is 0 Å². The van der Waals surface area contributed by atoms with Crippen LogP contribution in [0.4, 0.5) is 4.39 Å². The Balaban J connectivity index is 2.21. The van der Waals surface area contributed by atoms with E-state index in [0.717, 1.165) is 12.8 Å². The maximum absolute atomic E-state index is 13.3. The van der Waals surface area contributed by atoms with Crippen LogP contribution in [0.25, 0.3) is 0 Å². The van der Waals surface area contributed by atoms with Crippen LogP contribution in [-0.4, -0.2) is 29.3 Å². The highest BCUT2D eigenvalue weighted by atomic mass is 35.5. The fourth-order valence-electron chi connectivity index (χ4n) is 2.06. The molecular weight excluding hydrogens is 264 g/mol. The lowest BCUT2D eigenvalue weighted by Gasteiger charge is -2.23. The summed E-state index contributed by atoms with van der Waals surface area (Å²) in [4.78, 5) is 13.8. The molecule has 2 rings (SSSR count). The summed E-state index contributed by atoms with van der Waals surface area (Å²) in [5, 5.41) is 0.0249. The van der Waals surface area contributed by atoms with E-state index in [2.05, 4.69) is 0 Å². The predicted molar refractivity (Wildman–Crippen MR) is 66.2 cm³/mol. The van der Waals surface area contributed by atoms with Gasteiger partial charge in [0.1, 0.15) is 5.82 Å². The van der Waals surface area contributed by atoms with Crippen LogP contribution in [0.1, 0.15) is 23.2 Å². The molecule has 0 bridgehead atoms. The summed E-state index contributed by atoms with van der Waals surface area (Å²) < 4.78 is 13.3. The zero-order valence-electron chi connectivity index (χ0n) is 9.13. The van der Waals surface area contributed by atoms with Crippen molar-refractivity contribution in [3.8, 4) is 0 Å². The maximum atomic E-state index is 13.3. The number of amides is 1. The first-order valence-electron chi connectivity index (χ1n) is 5.45. The molecule has 1 aromatic rings. The summed E-state index contributed by atoms with van der Waals surface area (Å²) in [6.45, 7) is 0.681. The van der Waals surface area contributed by atoms with Crippen LogP contribution in [-0.2, 0) is 0 Å². The first-order chi connectivity index (χ1) is 8.13. The lowest BCUT2D eigenvalue weighted by atomic mass is 10.2. The van der Waals surface area contributed by atoms with Gasteiger partial charge in [-0.2, -0.15) is 0 Å². The number of benzene rings is 1. The van der Waals surface area contributed by atoms with E-state index in [9.17, 15) is 9.18 Å². The van der Waals surface area contributed by atoms with Gasteiger partial charge in [-0.05, 0) is 31.0 Å². The summed E-state index contributed by atoms with van der Waals surface area (Å²) in [5.41, 5.74) is 0.323. The molecule has 1 fully saturated rings. The van der Waals surface area contributed by atoms with Gasteiger partial charge in [0.25, 0.3) is 5.91 Å². The van der Waals surface area contributed by atoms with Gasteiger partial charge in [0, 0.05) is 24.0 Å². The lowest BCUT2D eigenvalue weighted by Crippen LogP contribution is -2.36. The molecule has 1 heterocycles. The SMILES string of the molecule is O=C(c1ccc(Cl)c(F)c1)N1CCCC1CCl. The normalized spacial score (nSPS) is 19.7. The van der Waals surface area contributed by atoms with Gasteiger partial charge in [0.15, 0.2) is 0 Å². The monoisotopic (exact) mass is 275 g/mol. The first kappa shape index (κ1) is 12.7. The van der Waals surface area contributed by atoms with Gasteiger partial charge in [-0.15, -0.1) is 11.6 Å². The van der Waals surface area contributed by atoms with Crippen LogP contribution in [0, 0.1) is 5.82 Å². The molecule has 1 unspecified atom stereocenters. The van der Waals surface area contributed by atoms with Gasteiger partial charge in [-0.1, -0.05) is 11.6 Å². The van der Waals surface area contributed by atoms with Crippen molar-refractivity contribution in [1.82, 2.24) is 4.90 Å². The van der Waals surface area contributed by atoms with Gasteiger partial charge in [0.2, 0.25) is 0 Å². The van der Waals surface area contributed by atoms with Crippen molar-refractivity contribution in [3.63, 3.8) is 0 Å². The highest BCUT2D eigenvalue weighted by Gasteiger charge is 2.28. The van der Waals surface area contributed by atoms with Gasteiger partial charge < -0.3 is 4.90 Å². The third kappa shape index (κ3) is 2.55. The van der Waals surface area contributed by atoms with Crippen molar-refractivity contribution in [3.05, 3.63) is 34.6 Å². The Bertz CT molecular complexity index is 439. The Labute approximate surface area is 109 Å². The van der Waals surface area contributed by atoms with Gasteiger partial charge in [-0.3, -0.25) is 4.79 Å². The predicted octanol–water partition coefficient (Wildman–Crippen LogP) is 3.32. The molecule has 1 aliphatic heterocycles.